The molecule has 3 rings (SSSR count). The van der Waals surface area contributed by atoms with Crippen LogP contribution in [0.3, 0.4) is 0 Å². The molecule has 0 saturated carbocycles. The van der Waals surface area contributed by atoms with E-state index in [0.717, 1.165) is 4.88 Å². The van der Waals surface area contributed by atoms with Crippen molar-refractivity contribution in [2.75, 3.05) is 12.8 Å². The van der Waals surface area contributed by atoms with Crippen LogP contribution in [-0.2, 0) is 4.79 Å². The van der Waals surface area contributed by atoms with Crippen molar-refractivity contribution < 1.29 is 9.90 Å². The van der Waals surface area contributed by atoms with Gasteiger partial charge >= 0.3 is 0 Å². The number of rotatable bonds is 3. The van der Waals surface area contributed by atoms with Crippen molar-refractivity contribution >= 4 is 51.3 Å². The number of thioether (sulfide) groups is 1. The van der Waals surface area contributed by atoms with E-state index in [2.05, 4.69) is 9.98 Å². The molecule has 25 heavy (non-hydrogen) atoms. The third-order valence-electron chi connectivity index (χ3n) is 3.76. The molecule has 2 heterocycles. The SMILES string of the molecule is CN=C1SC[C@H](c2cnc(Cl)s2)N1C(=O)/C(=C(\C)O)c1ccccc1. The maximum absolute atomic E-state index is 13.3. The number of nitrogens with zero attached hydrogens (tertiary/aromatic N) is 3. The first-order valence-corrected chi connectivity index (χ1v) is 9.70. The van der Waals surface area contributed by atoms with E-state index in [4.69, 9.17) is 11.6 Å². The number of aliphatic hydroxyl groups excluding tert-OH is 1. The van der Waals surface area contributed by atoms with Crippen molar-refractivity contribution in [3.05, 3.63) is 57.2 Å². The summed E-state index contributed by atoms with van der Waals surface area (Å²) >= 11 is 8.81. The van der Waals surface area contributed by atoms with E-state index >= 15 is 0 Å². The largest absolute Gasteiger partial charge is 0.512 e. The molecule has 1 amide bonds. The number of hydrogen-bond acceptors (Lipinski definition) is 6. The molecule has 0 bridgehead atoms. The van der Waals surface area contributed by atoms with Crippen molar-refractivity contribution in [1.29, 1.82) is 0 Å². The first kappa shape index (κ1) is 18.0. The van der Waals surface area contributed by atoms with Crippen LogP contribution in [0.15, 0.2) is 47.3 Å². The molecule has 1 aromatic heterocycles. The highest BCUT2D eigenvalue weighted by molar-refractivity contribution is 8.14. The number of aliphatic imine (C=N–C) groups is 1. The Morgan fingerprint density at radius 2 is 2.12 bits per heavy atom. The van der Waals surface area contributed by atoms with E-state index in [0.29, 0.717) is 21.0 Å². The Labute approximate surface area is 159 Å². The molecule has 0 radical (unpaired) electrons. The maximum Gasteiger partial charge on any atom is 0.264 e. The average Bonchev–Trinajstić information content (AvgIpc) is 3.21. The number of aliphatic hydroxyl groups is 1. The van der Waals surface area contributed by atoms with Crippen LogP contribution in [0.1, 0.15) is 23.4 Å². The average molecular weight is 394 g/mol. The quantitative estimate of drug-likeness (QED) is 0.620. The molecule has 5 nitrogen and oxygen atoms in total. The summed E-state index contributed by atoms with van der Waals surface area (Å²) in [4.78, 5) is 24.1. The summed E-state index contributed by atoms with van der Waals surface area (Å²) in [5.74, 6) is 0.361. The van der Waals surface area contributed by atoms with Crippen molar-refractivity contribution in [3.8, 4) is 0 Å². The van der Waals surface area contributed by atoms with Gasteiger partial charge in [-0.3, -0.25) is 14.7 Å². The molecule has 2 aromatic rings. The van der Waals surface area contributed by atoms with Gasteiger partial charge in [-0.25, -0.2) is 4.98 Å². The second-order valence-corrected chi connectivity index (χ2v) is 7.98. The Balaban J connectivity index is 2.03. The Bertz CT molecular complexity index is 845. The summed E-state index contributed by atoms with van der Waals surface area (Å²) in [6, 6.07) is 8.93. The minimum Gasteiger partial charge on any atom is -0.512 e. The Kier molecular flexibility index (Phi) is 5.46. The first-order chi connectivity index (χ1) is 12.0. The Morgan fingerprint density at radius 3 is 2.68 bits per heavy atom. The predicted octanol–water partition coefficient (Wildman–Crippen LogP) is 4.39. The van der Waals surface area contributed by atoms with Gasteiger partial charge < -0.3 is 5.11 Å². The van der Waals surface area contributed by atoms with E-state index in [1.54, 1.807) is 30.3 Å². The fourth-order valence-corrected chi connectivity index (χ4v) is 4.94. The molecule has 1 aliphatic rings. The molecule has 8 heteroatoms. The number of carbonyl (C=O) groups excluding carboxylic acids is 1. The maximum atomic E-state index is 13.3. The molecule has 1 aliphatic heterocycles. The third-order valence-corrected chi connectivity index (χ3v) is 6.10. The first-order valence-electron chi connectivity index (χ1n) is 7.52. The van der Waals surface area contributed by atoms with Crippen molar-refractivity contribution in [1.82, 2.24) is 9.88 Å². The monoisotopic (exact) mass is 393 g/mol. The number of carbonyl (C=O) groups is 1. The lowest BCUT2D eigenvalue weighted by Gasteiger charge is -2.24. The van der Waals surface area contributed by atoms with Crippen LogP contribution >= 0.6 is 34.7 Å². The van der Waals surface area contributed by atoms with E-state index in [1.165, 1.54) is 30.0 Å². The molecule has 0 spiro atoms. The number of thiazole rings is 1. The summed E-state index contributed by atoms with van der Waals surface area (Å²) in [5.41, 5.74) is 0.936. The normalized spacial score (nSPS) is 20.0. The molecule has 0 unspecified atom stereocenters. The highest BCUT2D eigenvalue weighted by atomic mass is 35.5. The van der Waals surface area contributed by atoms with Crippen molar-refractivity contribution in [2.45, 2.75) is 13.0 Å². The zero-order valence-corrected chi connectivity index (χ0v) is 16.0. The van der Waals surface area contributed by atoms with Crippen LogP contribution in [0.2, 0.25) is 4.47 Å². The second-order valence-electron chi connectivity index (χ2n) is 5.35. The number of halogens is 1. The van der Waals surface area contributed by atoms with Crippen LogP contribution in [0.4, 0.5) is 0 Å². The number of amides is 1. The lowest BCUT2D eigenvalue weighted by molar-refractivity contribution is -0.122. The standard InChI is InChI=1S/C17H16ClN3O2S2/c1-10(22)14(11-6-4-3-5-7-11)15(23)21-12(9-24-17(21)19-2)13-8-20-16(18)25-13/h3-8,12,22H,9H2,1-2H3/b14-10+,19-17?/t12-/m1/s1. The molecular weight excluding hydrogens is 378 g/mol. The van der Waals surface area contributed by atoms with E-state index in [9.17, 15) is 9.90 Å². The van der Waals surface area contributed by atoms with Gasteiger partial charge in [0.05, 0.1) is 11.6 Å². The minimum absolute atomic E-state index is 0.0235. The van der Waals surface area contributed by atoms with Crippen LogP contribution in [0.5, 0.6) is 0 Å². The van der Waals surface area contributed by atoms with Gasteiger partial charge in [0, 0.05) is 23.9 Å². The molecule has 0 aliphatic carbocycles. The molecular formula is C17H16ClN3O2S2. The minimum atomic E-state index is -0.286. The van der Waals surface area contributed by atoms with Gasteiger partial charge in [0.1, 0.15) is 5.76 Å². The number of aromatic nitrogens is 1. The zero-order chi connectivity index (χ0) is 18.0. The van der Waals surface area contributed by atoms with E-state index in [-0.39, 0.29) is 23.3 Å². The second kappa shape index (κ2) is 7.59. The van der Waals surface area contributed by atoms with Gasteiger partial charge in [0.2, 0.25) is 0 Å². The molecule has 1 atom stereocenters. The van der Waals surface area contributed by atoms with Gasteiger partial charge in [-0.1, -0.05) is 53.7 Å². The smallest absolute Gasteiger partial charge is 0.264 e. The highest BCUT2D eigenvalue weighted by Gasteiger charge is 2.39. The number of allylic oxidation sites excluding steroid dienone is 1. The van der Waals surface area contributed by atoms with Crippen LogP contribution in [0, 0.1) is 0 Å². The van der Waals surface area contributed by atoms with Crippen molar-refractivity contribution in [3.63, 3.8) is 0 Å². The summed E-state index contributed by atoms with van der Waals surface area (Å²) in [6.45, 7) is 1.52. The van der Waals surface area contributed by atoms with Gasteiger partial charge in [-0.05, 0) is 12.5 Å². The van der Waals surface area contributed by atoms with E-state index < -0.39 is 0 Å². The van der Waals surface area contributed by atoms with Gasteiger partial charge in [-0.2, -0.15) is 0 Å². The van der Waals surface area contributed by atoms with Gasteiger partial charge in [0.15, 0.2) is 9.63 Å². The van der Waals surface area contributed by atoms with Crippen LogP contribution in [0.25, 0.3) is 5.57 Å². The number of benzene rings is 1. The Morgan fingerprint density at radius 1 is 1.40 bits per heavy atom. The molecule has 1 saturated heterocycles. The molecule has 130 valence electrons. The molecule has 1 aromatic carbocycles. The van der Waals surface area contributed by atoms with Crippen molar-refractivity contribution in [2.24, 2.45) is 4.99 Å². The zero-order valence-electron chi connectivity index (χ0n) is 13.6. The highest BCUT2D eigenvalue weighted by Crippen LogP contribution is 2.40. The molecule has 1 fully saturated rings. The lowest BCUT2D eigenvalue weighted by Crippen LogP contribution is -2.35. The fourth-order valence-electron chi connectivity index (χ4n) is 2.67. The summed E-state index contributed by atoms with van der Waals surface area (Å²) < 4.78 is 0.437. The van der Waals surface area contributed by atoms with Crippen LogP contribution < -0.4 is 0 Å². The Hall–Kier alpha value is -1.83. The summed E-state index contributed by atoms with van der Waals surface area (Å²) in [5, 5.41) is 10.8. The van der Waals surface area contributed by atoms with Gasteiger partial charge in [-0.15, -0.1) is 11.3 Å². The lowest BCUT2D eigenvalue weighted by atomic mass is 10.0. The number of amidine groups is 1. The number of hydrogen-bond donors (Lipinski definition) is 1. The predicted molar refractivity (Wildman–Crippen MR) is 104 cm³/mol. The summed E-state index contributed by atoms with van der Waals surface area (Å²) in [6.07, 6.45) is 1.69. The third kappa shape index (κ3) is 3.58. The van der Waals surface area contributed by atoms with E-state index in [1.807, 2.05) is 18.2 Å². The molecule has 1 N–H and O–H groups in total. The van der Waals surface area contributed by atoms with Gasteiger partial charge in [0.25, 0.3) is 5.91 Å². The summed E-state index contributed by atoms with van der Waals surface area (Å²) in [7, 11) is 1.66. The van der Waals surface area contributed by atoms with Crippen LogP contribution in [-0.4, -0.2) is 38.9 Å². The topological polar surface area (TPSA) is 65.8 Å². The fraction of sp³-hybridized carbons (Fsp3) is 0.235.